The molecule has 0 N–H and O–H groups in total. The molecule has 2 aromatic rings. The number of anilines is 1. The minimum absolute atomic E-state index is 0.0958. The number of benzene rings is 2. The summed E-state index contributed by atoms with van der Waals surface area (Å²) in [6.07, 6.45) is -5.29. The largest absolute Gasteiger partial charge is 0.573 e. The number of nitrogens with zero attached hydrogens (tertiary/aromatic N) is 2. The maximum atomic E-state index is 12.5. The lowest BCUT2D eigenvalue weighted by molar-refractivity contribution is -0.274. The number of carbonyl (C=O) groups is 2. The molecule has 0 spiro atoms. The van der Waals surface area contributed by atoms with Gasteiger partial charge in [0.25, 0.3) is 5.91 Å². The molecule has 0 aliphatic carbocycles. The van der Waals surface area contributed by atoms with E-state index in [0.717, 1.165) is 0 Å². The van der Waals surface area contributed by atoms with Crippen LogP contribution in [0.15, 0.2) is 48.5 Å². The van der Waals surface area contributed by atoms with Gasteiger partial charge in [0, 0.05) is 26.6 Å². The quantitative estimate of drug-likeness (QED) is 0.712. The molecule has 1 heterocycles. The third-order valence-corrected chi connectivity index (χ3v) is 4.63. The molecule has 2 aromatic carbocycles. The van der Waals surface area contributed by atoms with Crippen LogP contribution in [0.2, 0.25) is 0 Å². The van der Waals surface area contributed by atoms with Crippen LogP contribution in [0.4, 0.5) is 18.9 Å². The van der Waals surface area contributed by atoms with Crippen molar-refractivity contribution < 1.29 is 32.2 Å². The first-order chi connectivity index (χ1) is 14.1. The molecule has 0 saturated carbocycles. The van der Waals surface area contributed by atoms with E-state index in [1.54, 1.807) is 37.1 Å². The maximum absolute atomic E-state index is 12.5. The van der Waals surface area contributed by atoms with Gasteiger partial charge in [0.1, 0.15) is 11.5 Å². The molecule has 1 unspecified atom stereocenters. The minimum atomic E-state index is -4.75. The highest BCUT2D eigenvalue weighted by molar-refractivity contribution is 6.00. The molecular formula is C21H21F3N2O4. The van der Waals surface area contributed by atoms with Crippen LogP contribution in [0.3, 0.4) is 0 Å². The van der Waals surface area contributed by atoms with Gasteiger partial charge in [-0.1, -0.05) is 24.3 Å². The monoisotopic (exact) mass is 422 g/mol. The summed E-state index contributed by atoms with van der Waals surface area (Å²) in [6, 6.07) is 12.5. The Kier molecular flexibility index (Phi) is 6.19. The number of hydrogen-bond donors (Lipinski definition) is 0. The van der Waals surface area contributed by atoms with Crippen molar-refractivity contribution in [2.75, 3.05) is 18.5 Å². The average molecular weight is 422 g/mol. The lowest BCUT2D eigenvalue weighted by Crippen LogP contribution is -2.45. The van der Waals surface area contributed by atoms with Crippen LogP contribution in [-0.4, -0.2) is 42.8 Å². The van der Waals surface area contributed by atoms with E-state index in [0.29, 0.717) is 17.0 Å². The van der Waals surface area contributed by atoms with Crippen molar-refractivity contribution >= 4 is 17.5 Å². The van der Waals surface area contributed by atoms with Crippen molar-refractivity contribution in [1.82, 2.24) is 4.90 Å². The van der Waals surface area contributed by atoms with Gasteiger partial charge in [0.05, 0.1) is 5.69 Å². The Morgan fingerprint density at radius 2 is 1.83 bits per heavy atom. The van der Waals surface area contributed by atoms with Crippen LogP contribution >= 0.6 is 0 Å². The number of amides is 2. The number of para-hydroxylation sites is 2. The Bertz CT molecular complexity index is 915. The smallest absolute Gasteiger partial charge is 0.479 e. The van der Waals surface area contributed by atoms with E-state index in [-0.39, 0.29) is 37.1 Å². The van der Waals surface area contributed by atoms with E-state index in [2.05, 4.69) is 4.74 Å². The predicted octanol–water partition coefficient (Wildman–Crippen LogP) is 3.75. The van der Waals surface area contributed by atoms with E-state index in [4.69, 9.17) is 4.74 Å². The van der Waals surface area contributed by atoms with Gasteiger partial charge in [-0.05, 0) is 36.8 Å². The van der Waals surface area contributed by atoms with Crippen LogP contribution < -0.4 is 14.4 Å². The first kappa shape index (κ1) is 21.5. The molecule has 0 bridgehead atoms. The molecule has 1 atom stereocenters. The lowest BCUT2D eigenvalue weighted by atomic mass is 10.1. The van der Waals surface area contributed by atoms with E-state index in [1.807, 2.05) is 6.07 Å². The molecule has 1 aliphatic heterocycles. The Hall–Kier alpha value is -3.23. The SMILES string of the molecule is CC1Oc2ccccc2N(CCC(=O)N(C)Cc2ccc(OC(F)(F)F)cc2)C1=O. The Labute approximate surface area is 171 Å². The zero-order chi connectivity index (χ0) is 21.9. The average Bonchev–Trinajstić information content (AvgIpc) is 2.68. The zero-order valence-electron chi connectivity index (χ0n) is 16.5. The summed E-state index contributed by atoms with van der Waals surface area (Å²) in [4.78, 5) is 28.0. The summed E-state index contributed by atoms with van der Waals surface area (Å²) in [7, 11) is 1.60. The Balaban J connectivity index is 1.58. The van der Waals surface area contributed by atoms with Crippen LogP contribution in [0.25, 0.3) is 0 Å². The highest BCUT2D eigenvalue weighted by Gasteiger charge is 2.32. The van der Waals surface area contributed by atoms with Crippen molar-refractivity contribution in [3.8, 4) is 11.5 Å². The Morgan fingerprint density at radius 1 is 1.17 bits per heavy atom. The van der Waals surface area contributed by atoms with Crippen molar-refractivity contribution in [2.45, 2.75) is 32.4 Å². The summed E-state index contributed by atoms with van der Waals surface area (Å²) < 4.78 is 46.1. The fraction of sp³-hybridized carbons (Fsp3) is 0.333. The van der Waals surface area contributed by atoms with Crippen LogP contribution in [0, 0.1) is 0 Å². The number of hydrogen-bond acceptors (Lipinski definition) is 4. The number of halogens is 3. The third-order valence-electron chi connectivity index (χ3n) is 4.63. The van der Waals surface area contributed by atoms with Crippen molar-refractivity contribution in [3.63, 3.8) is 0 Å². The maximum Gasteiger partial charge on any atom is 0.573 e. The summed E-state index contributed by atoms with van der Waals surface area (Å²) in [5, 5.41) is 0. The highest BCUT2D eigenvalue weighted by atomic mass is 19.4. The van der Waals surface area contributed by atoms with Gasteiger partial charge in [-0.25, -0.2) is 0 Å². The third kappa shape index (κ3) is 5.22. The standard InChI is InChI=1S/C21H21F3N2O4/c1-14-20(28)26(17-5-3-4-6-18(17)29-14)12-11-19(27)25(2)13-15-7-9-16(10-8-15)30-21(22,23)24/h3-10,14H,11-13H2,1-2H3. The second kappa shape index (κ2) is 8.64. The van der Waals surface area contributed by atoms with E-state index >= 15 is 0 Å². The van der Waals surface area contributed by atoms with Crippen molar-refractivity contribution in [3.05, 3.63) is 54.1 Å². The van der Waals surface area contributed by atoms with Gasteiger partial charge in [-0.3, -0.25) is 9.59 Å². The molecule has 0 saturated heterocycles. The molecule has 0 radical (unpaired) electrons. The van der Waals surface area contributed by atoms with Gasteiger partial charge < -0.3 is 19.3 Å². The fourth-order valence-corrected chi connectivity index (χ4v) is 3.15. The number of rotatable bonds is 6. The lowest BCUT2D eigenvalue weighted by Gasteiger charge is -2.33. The van der Waals surface area contributed by atoms with Crippen LogP contribution in [-0.2, 0) is 16.1 Å². The first-order valence-electron chi connectivity index (χ1n) is 9.30. The van der Waals surface area contributed by atoms with E-state index in [9.17, 15) is 22.8 Å². The second-order valence-electron chi connectivity index (χ2n) is 6.91. The minimum Gasteiger partial charge on any atom is -0.479 e. The molecule has 9 heteroatoms. The normalized spacial score (nSPS) is 16.0. The number of fused-ring (bicyclic) bond motifs is 1. The first-order valence-corrected chi connectivity index (χ1v) is 9.30. The zero-order valence-corrected chi connectivity index (χ0v) is 16.5. The molecule has 2 amide bonds. The molecule has 30 heavy (non-hydrogen) atoms. The van der Waals surface area contributed by atoms with Crippen molar-refractivity contribution in [1.29, 1.82) is 0 Å². The Morgan fingerprint density at radius 3 is 2.50 bits per heavy atom. The van der Waals surface area contributed by atoms with E-state index < -0.39 is 12.5 Å². The van der Waals surface area contributed by atoms with E-state index in [1.165, 1.54) is 29.2 Å². The van der Waals surface area contributed by atoms with Gasteiger partial charge in [0.2, 0.25) is 5.91 Å². The molecule has 6 nitrogen and oxygen atoms in total. The molecule has 0 aromatic heterocycles. The molecule has 3 rings (SSSR count). The molecule has 1 aliphatic rings. The topological polar surface area (TPSA) is 59.1 Å². The van der Waals surface area contributed by atoms with Crippen molar-refractivity contribution in [2.24, 2.45) is 0 Å². The predicted molar refractivity (Wildman–Crippen MR) is 103 cm³/mol. The van der Waals surface area contributed by atoms with Gasteiger partial charge in [-0.2, -0.15) is 0 Å². The molecule has 160 valence electrons. The van der Waals surface area contributed by atoms with Crippen LogP contribution in [0.5, 0.6) is 11.5 Å². The number of carbonyl (C=O) groups excluding carboxylic acids is 2. The number of alkyl halides is 3. The summed E-state index contributed by atoms with van der Waals surface area (Å²) in [6.45, 7) is 2.08. The molecular weight excluding hydrogens is 401 g/mol. The summed E-state index contributed by atoms with van der Waals surface area (Å²) in [5.74, 6) is -0.148. The van der Waals surface area contributed by atoms with Gasteiger partial charge in [0.15, 0.2) is 6.10 Å². The highest BCUT2D eigenvalue weighted by Crippen LogP contribution is 2.33. The fourth-order valence-electron chi connectivity index (χ4n) is 3.15. The van der Waals surface area contributed by atoms with Gasteiger partial charge >= 0.3 is 6.36 Å². The summed E-state index contributed by atoms with van der Waals surface area (Å²) >= 11 is 0. The molecule has 0 fully saturated rings. The van der Waals surface area contributed by atoms with Crippen LogP contribution in [0.1, 0.15) is 18.9 Å². The summed E-state index contributed by atoms with van der Waals surface area (Å²) in [5.41, 5.74) is 1.28. The second-order valence-corrected chi connectivity index (χ2v) is 6.91. The van der Waals surface area contributed by atoms with Gasteiger partial charge in [-0.15, -0.1) is 13.2 Å². The number of ether oxygens (including phenoxy) is 2.